The van der Waals surface area contributed by atoms with Gasteiger partial charge < -0.3 is 70.8 Å². The van der Waals surface area contributed by atoms with Crippen LogP contribution in [0.1, 0.15) is 106 Å². The average Bonchev–Trinajstić information content (AvgIpc) is 4.30. The van der Waals surface area contributed by atoms with Crippen molar-refractivity contribution in [2.45, 2.75) is 116 Å². The second kappa shape index (κ2) is 29.7. The van der Waals surface area contributed by atoms with E-state index in [9.17, 15) is 28.4 Å². The molecule has 3 aliphatic heterocycles. The number of likely N-dealkylation sites (N-methyl/N-ethyl adjacent to an activating group) is 1. The molecule has 2 aromatic carbocycles. The van der Waals surface area contributed by atoms with Crippen LogP contribution in [0, 0.1) is 17.8 Å². The van der Waals surface area contributed by atoms with E-state index in [0.717, 1.165) is 12.0 Å². The van der Waals surface area contributed by atoms with E-state index < -0.39 is 29.4 Å². The number of nitrogen functional groups attached to an aromatic ring is 1. The van der Waals surface area contributed by atoms with E-state index >= 15 is 0 Å². The van der Waals surface area contributed by atoms with Crippen molar-refractivity contribution < 1.29 is 47.3 Å². The number of likely N-dealkylation sites (tertiary alicyclic amines) is 1. The quantitative estimate of drug-likeness (QED) is 0.0363. The van der Waals surface area contributed by atoms with Gasteiger partial charge in [0.15, 0.2) is 11.6 Å². The van der Waals surface area contributed by atoms with E-state index in [1.807, 2.05) is 62.9 Å². The van der Waals surface area contributed by atoms with Gasteiger partial charge in [-0.15, -0.1) is 5.10 Å². The lowest BCUT2D eigenvalue weighted by atomic mass is 9.85. The molecule has 0 radical (unpaired) electrons. The summed E-state index contributed by atoms with van der Waals surface area (Å²) in [5.41, 5.74) is 8.81. The van der Waals surface area contributed by atoms with Crippen LogP contribution in [0.15, 0.2) is 54.7 Å². The molecule has 0 spiro atoms. The molecule has 23 nitrogen and oxygen atoms in total. The molecule has 5 amide bonds. The van der Waals surface area contributed by atoms with Crippen molar-refractivity contribution in [2.24, 2.45) is 5.41 Å². The maximum Gasteiger partial charge on any atom is 0.262 e. The minimum atomic E-state index is -0.858. The van der Waals surface area contributed by atoms with Crippen molar-refractivity contribution >= 4 is 47.0 Å². The van der Waals surface area contributed by atoms with Crippen LogP contribution in [0.25, 0.3) is 16.1 Å². The zero-order valence-electron chi connectivity index (χ0n) is 48.3. The first-order valence-corrected chi connectivity index (χ1v) is 28.3. The number of amides is 5. The van der Waals surface area contributed by atoms with Gasteiger partial charge >= 0.3 is 0 Å². The van der Waals surface area contributed by atoms with Crippen molar-refractivity contribution in [3.05, 3.63) is 94.3 Å². The number of benzene rings is 2. The number of hydrogen-bond acceptors (Lipinski definition) is 16. The largest absolute Gasteiger partial charge is 0.381 e. The van der Waals surface area contributed by atoms with Crippen molar-refractivity contribution in [3.8, 4) is 11.3 Å². The van der Waals surface area contributed by atoms with E-state index in [0.29, 0.717) is 106 Å². The number of nitrogens with two attached hydrogens (primary N) is 1. The third-order valence-corrected chi connectivity index (χ3v) is 15.0. The lowest BCUT2D eigenvalue weighted by molar-refractivity contribution is -0.144. The standard InChI is InChI=1S/C58H81FN14O9/c1-9-43(38-14-11-10-12-15-38)67-55(76)47-33-40(35-72(47)57(78)50(58(3,4)5)68-54(75)37(2)61-6)63-21-25-80-27-29-82-31-30-81-28-26-79-24-19-48(74)64-20-23-73-52(62-7)49-44-34-65-51(60)53(66-44)71-22-13-16-46(71)42-32-39(59)17-18-41(42)56(77)70(8)36-45(49)69-73/h10-12,14-15,17-18,32,34,37,40,43,46-47,50,61,63H,9,13,16,19-31,33,35-36H2,1-6,8H3,(H2,60,65)(H,64,74)(H,67,76)(H,68,75)/t37-,40-,43+,46-,47-,50+/m1/s1. The Hall–Kier alpha value is -7.14. The van der Waals surface area contributed by atoms with Crippen LogP contribution >= 0.6 is 0 Å². The summed E-state index contributed by atoms with van der Waals surface area (Å²) >= 11 is 0. The molecule has 4 aromatic rings. The Labute approximate surface area is 479 Å². The maximum atomic E-state index is 14.7. The second-order valence-electron chi connectivity index (χ2n) is 21.8. The Bertz CT molecular complexity index is 2860. The fraction of sp³-hybridized carbons (Fsp3) is 0.569. The second-order valence-corrected chi connectivity index (χ2v) is 21.8. The minimum Gasteiger partial charge on any atom is -0.381 e. The van der Waals surface area contributed by atoms with Crippen LogP contribution in [0.5, 0.6) is 0 Å². The summed E-state index contributed by atoms with van der Waals surface area (Å²) < 4.78 is 38.9. The first kappa shape index (κ1) is 62.5. The monoisotopic (exact) mass is 1140 g/mol. The summed E-state index contributed by atoms with van der Waals surface area (Å²) in [6.45, 7) is 21.8. The van der Waals surface area contributed by atoms with Crippen LogP contribution in [0.2, 0.25) is 0 Å². The fourth-order valence-electron chi connectivity index (χ4n) is 10.4. The Kier molecular flexibility index (Phi) is 22.6. The number of carbonyl (C=O) groups excluding carboxylic acids is 5. The van der Waals surface area contributed by atoms with Crippen LogP contribution in [0.4, 0.5) is 21.8 Å². The number of ether oxygens (including phenoxy) is 4. The predicted molar refractivity (Wildman–Crippen MR) is 306 cm³/mol. The molecule has 0 saturated carbocycles. The number of carbonyl (C=O) groups is 5. The van der Waals surface area contributed by atoms with Gasteiger partial charge in [0, 0.05) is 44.7 Å². The molecular formula is C58H81FN14O9. The van der Waals surface area contributed by atoms with E-state index in [1.165, 1.54) is 34.0 Å². The molecule has 6 atom stereocenters. The van der Waals surface area contributed by atoms with Crippen molar-refractivity contribution in [2.75, 3.05) is 104 Å². The highest BCUT2D eigenvalue weighted by molar-refractivity contribution is 5.96. The third kappa shape index (κ3) is 16.1. The molecule has 2 bridgehead atoms. The molecule has 0 aliphatic carbocycles. The van der Waals surface area contributed by atoms with Crippen molar-refractivity contribution in [1.29, 1.82) is 0 Å². The first-order valence-electron chi connectivity index (χ1n) is 28.3. The zero-order valence-corrected chi connectivity index (χ0v) is 48.3. The van der Waals surface area contributed by atoms with Gasteiger partial charge in [0.05, 0.1) is 102 Å². The Morgan fingerprint density at radius 2 is 1.65 bits per heavy atom. The number of anilines is 2. The molecule has 24 heteroatoms. The molecule has 0 unspecified atom stereocenters. The molecule has 5 heterocycles. The van der Waals surface area contributed by atoms with Crippen LogP contribution in [-0.4, -0.2) is 176 Å². The van der Waals surface area contributed by atoms with Crippen LogP contribution < -0.4 is 37.2 Å². The number of nitrogens with zero attached hydrogens (tertiary/aromatic N) is 8. The van der Waals surface area contributed by atoms with Gasteiger partial charge in [0.2, 0.25) is 23.6 Å². The molecule has 2 fully saturated rings. The Morgan fingerprint density at radius 3 is 2.32 bits per heavy atom. The van der Waals surface area contributed by atoms with Crippen LogP contribution in [-0.2, 0) is 51.2 Å². The molecule has 2 saturated heterocycles. The molecule has 7 rings (SSSR count). The smallest absolute Gasteiger partial charge is 0.262 e. The van der Waals surface area contributed by atoms with Crippen molar-refractivity contribution in [1.82, 2.24) is 56.1 Å². The molecule has 82 heavy (non-hydrogen) atoms. The summed E-state index contributed by atoms with van der Waals surface area (Å²) in [4.78, 5) is 86.4. The molecule has 444 valence electrons. The number of hydrogen-bond donors (Lipinski definition) is 6. The Balaban J connectivity index is 0.783. The summed E-state index contributed by atoms with van der Waals surface area (Å²) in [6, 6.07) is 11.0. The highest BCUT2D eigenvalue weighted by Crippen LogP contribution is 2.42. The van der Waals surface area contributed by atoms with E-state index in [2.05, 4.69) is 36.4 Å². The van der Waals surface area contributed by atoms with Crippen molar-refractivity contribution in [3.63, 3.8) is 0 Å². The molecule has 3 aliphatic rings. The third-order valence-electron chi connectivity index (χ3n) is 15.0. The topological polar surface area (TPSA) is 266 Å². The summed E-state index contributed by atoms with van der Waals surface area (Å²) in [7, 11) is 3.32. The number of fused-ring (bicyclic) bond motifs is 8. The SMILES string of the molecule is [C-]#[N+]c1c2c(nn1CCNC(=O)CCOCCOCCOCCOCCN[C@@H]1C[C@H](C(=O)N[C@@H](CC)c3ccccc3)N(C(=O)[C@H](NC(=O)[C@@H](C)NC)C(C)(C)C)C1)CN(C)C(=O)c1ccc(F)cc1[C@H]1CCCN1c1nc-2cnc1N. The van der Waals surface area contributed by atoms with Gasteiger partial charge in [-0.1, -0.05) is 64.6 Å². The maximum absolute atomic E-state index is 14.7. The lowest BCUT2D eigenvalue weighted by Gasteiger charge is -2.36. The summed E-state index contributed by atoms with van der Waals surface area (Å²) in [5, 5.41) is 20.1. The number of nitrogens with one attached hydrogen (secondary N) is 5. The van der Waals surface area contributed by atoms with Gasteiger partial charge in [-0.2, -0.15) is 4.68 Å². The van der Waals surface area contributed by atoms with Gasteiger partial charge in [-0.3, -0.25) is 24.0 Å². The Morgan fingerprint density at radius 1 is 0.951 bits per heavy atom. The first-order chi connectivity index (χ1) is 39.4. The lowest BCUT2D eigenvalue weighted by Crippen LogP contribution is -2.59. The molecular weight excluding hydrogens is 1060 g/mol. The van der Waals surface area contributed by atoms with Gasteiger partial charge in [-0.05, 0) is 74.4 Å². The zero-order chi connectivity index (χ0) is 58.9. The molecule has 7 N–H and O–H groups in total. The fourth-order valence-corrected chi connectivity index (χ4v) is 10.4. The highest BCUT2D eigenvalue weighted by Gasteiger charge is 2.45. The number of halogens is 1. The van der Waals surface area contributed by atoms with E-state index in [1.54, 1.807) is 25.9 Å². The van der Waals surface area contributed by atoms with Crippen LogP contribution in [0.3, 0.4) is 0 Å². The normalized spacial score (nSPS) is 18.1. The summed E-state index contributed by atoms with van der Waals surface area (Å²) in [6.07, 6.45) is 4.07. The van der Waals surface area contributed by atoms with Gasteiger partial charge in [0.1, 0.15) is 30.1 Å². The highest BCUT2D eigenvalue weighted by atomic mass is 19.1. The minimum absolute atomic E-state index is 0.0164. The predicted octanol–water partition coefficient (Wildman–Crippen LogP) is 4.08. The van der Waals surface area contributed by atoms with E-state index in [4.69, 9.17) is 41.3 Å². The van der Waals surface area contributed by atoms with E-state index in [-0.39, 0.29) is 105 Å². The average molecular weight is 1140 g/mol. The van der Waals surface area contributed by atoms with Gasteiger partial charge in [0.25, 0.3) is 11.7 Å². The number of rotatable bonds is 27. The number of aromatic nitrogens is 4. The van der Waals surface area contributed by atoms with Gasteiger partial charge in [-0.25, -0.2) is 14.4 Å². The molecule has 2 aromatic heterocycles. The summed E-state index contributed by atoms with van der Waals surface area (Å²) in [5.74, 6) is -1.16.